The molecule has 3 rings (SSSR count). The van der Waals surface area contributed by atoms with Crippen molar-refractivity contribution >= 4 is 61.3 Å². The number of nitro groups is 1. The molecule has 0 aliphatic rings. The molecule has 180 valence electrons. The van der Waals surface area contributed by atoms with Gasteiger partial charge in [-0.1, -0.05) is 28.1 Å². The first-order valence-electron chi connectivity index (χ1n) is 10.2. The fourth-order valence-electron chi connectivity index (χ4n) is 2.97. The number of amides is 2. The summed E-state index contributed by atoms with van der Waals surface area (Å²) < 4.78 is 7.01. The Hall–Kier alpha value is -3.57. The molecule has 0 atom stereocenters. The lowest BCUT2D eigenvalue weighted by atomic mass is 10.1. The Bertz CT molecular complexity index is 1330. The summed E-state index contributed by atoms with van der Waals surface area (Å²) in [5.74, 6) is -0.615. The number of rotatable bonds is 8. The van der Waals surface area contributed by atoms with Gasteiger partial charge in [-0.2, -0.15) is 5.10 Å². The molecule has 0 spiro atoms. The van der Waals surface area contributed by atoms with Crippen molar-refractivity contribution in [2.75, 3.05) is 11.9 Å². The number of carbonyl (C=O) groups is 2. The van der Waals surface area contributed by atoms with E-state index < -0.39 is 10.8 Å². The molecule has 35 heavy (non-hydrogen) atoms. The number of aryl methyl sites for hydroxylation is 2. The summed E-state index contributed by atoms with van der Waals surface area (Å²) in [6, 6.07) is 14.4. The van der Waals surface area contributed by atoms with E-state index in [0.717, 1.165) is 17.2 Å². The average molecular weight is 604 g/mol. The van der Waals surface area contributed by atoms with E-state index in [1.54, 1.807) is 12.1 Å². The fourth-order valence-corrected chi connectivity index (χ4v) is 4.34. The van der Waals surface area contributed by atoms with Crippen LogP contribution in [0.25, 0.3) is 0 Å². The van der Waals surface area contributed by atoms with Crippen LogP contribution in [-0.4, -0.2) is 29.6 Å². The molecule has 11 heteroatoms. The number of benzene rings is 3. The molecule has 0 bridgehead atoms. The molecule has 0 aliphatic carbocycles. The highest BCUT2D eigenvalue weighted by Crippen LogP contribution is 2.32. The zero-order valence-electron chi connectivity index (χ0n) is 18.7. The quantitative estimate of drug-likeness (QED) is 0.199. The van der Waals surface area contributed by atoms with Gasteiger partial charge in [0.15, 0.2) is 6.61 Å². The van der Waals surface area contributed by atoms with Crippen molar-refractivity contribution in [1.82, 2.24) is 5.43 Å². The van der Waals surface area contributed by atoms with E-state index in [4.69, 9.17) is 4.74 Å². The van der Waals surface area contributed by atoms with E-state index in [1.807, 2.05) is 32.0 Å². The maximum Gasteiger partial charge on any atom is 0.271 e. The highest BCUT2D eigenvalue weighted by Gasteiger charge is 2.13. The Labute approximate surface area is 218 Å². The molecule has 0 aromatic heterocycles. The third-order valence-electron chi connectivity index (χ3n) is 4.86. The van der Waals surface area contributed by atoms with Crippen molar-refractivity contribution in [1.29, 1.82) is 0 Å². The third kappa shape index (κ3) is 7.20. The van der Waals surface area contributed by atoms with Gasteiger partial charge in [-0.3, -0.25) is 19.7 Å². The highest BCUT2D eigenvalue weighted by atomic mass is 79.9. The molecule has 9 nitrogen and oxygen atoms in total. The van der Waals surface area contributed by atoms with Crippen LogP contribution in [0.15, 0.2) is 68.6 Å². The topological polar surface area (TPSA) is 123 Å². The minimum atomic E-state index is -0.616. The van der Waals surface area contributed by atoms with Gasteiger partial charge in [0.25, 0.3) is 17.5 Å². The molecule has 0 fully saturated rings. The van der Waals surface area contributed by atoms with Crippen LogP contribution in [-0.2, 0) is 4.79 Å². The molecule has 0 saturated heterocycles. The summed E-state index contributed by atoms with van der Waals surface area (Å²) in [7, 11) is 0. The van der Waals surface area contributed by atoms with Crippen molar-refractivity contribution in [2.24, 2.45) is 5.10 Å². The van der Waals surface area contributed by atoms with Crippen molar-refractivity contribution in [3.05, 3.63) is 95.9 Å². The number of anilines is 1. The molecule has 0 saturated carbocycles. The number of hydrazone groups is 1. The summed E-state index contributed by atoms with van der Waals surface area (Å²) in [4.78, 5) is 35.0. The van der Waals surface area contributed by atoms with Gasteiger partial charge in [0, 0.05) is 33.4 Å². The van der Waals surface area contributed by atoms with Crippen molar-refractivity contribution in [2.45, 2.75) is 13.8 Å². The van der Waals surface area contributed by atoms with Crippen LogP contribution in [0.2, 0.25) is 0 Å². The minimum absolute atomic E-state index is 0.0891. The van der Waals surface area contributed by atoms with Gasteiger partial charge < -0.3 is 10.1 Å². The monoisotopic (exact) mass is 602 g/mol. The summed E-state index contributed by atoms with van der Waals surface area (Å²) in [6.45, 7) is 3.70. The molecule has 0 unspecified atom stereocenters. The Morgan fingerprint density at radius 1 is 1.09 bits per heavy atom. The van der Waals surface area contributed by atoms with E-state index in [0.29, 0.717) is 25.9 Å². The van der Waals surface area contributed by atoms with Gasteiger partial charge in [-0.05, 0) is 71.2 Å². The lowest BCUT2D eigenvalue weighted by Crippen LogP contribution is -2.21. The number of carbonyl (C=O) groups excluding carboxylic acids is 2. The van der Waals surface area contributed by atoms with Crippen LogP contribution >= 0.6 is 31.9 Å². The van der Waals surface area contributed by atoms with Crippen LogP contribution < -0.4 is 15.5 Å². The van der Waals surface area contributed by atoms with Gasteiger partial charge in [0.1, 0.15) is 5.75 Å². The maximum atomic E-state index is 12.4. The number of non-ortho nitro benzene ring substituents is 1. The Morgan fingerprint density at radius 3 is 2.57 bits per heavy atom. The number of nitro benzene ring substituents is 1. The second-order valence-electron chi connectivity index (χ2n) is 7.45. The van der Waals surface area contributed by atoms with Gasteiger partial charge >= 0.3 is 0 Å². The Kier molecular flexibility index (Phi) is 8.72. The predicted molar refractivity (Wildman–Crippen MR) is 140 cm³/mol. The standard InChI is InChI=1S/C24H20Br2N4O5/c1-14-6-7-19(8-15(14)2)28-22(31)13-35-23-17(9-18(25)11-21(23)26)12-27-29-24(32)16-4-3-5-20(10-16)30(33)34/h3-12H,13H2,1-2H3,(H,28,31)(H,29,32)/b27-12+. The van der Waals surface area contributed by atoms with Crippen LogP contribution in [0.5, 0.6) is 5.75 Å². The van der Waals surface area contributed by atoms with E-state index in [2.05, 4.69) is 47.7 Å². The smallest absolute Gasteiger partial charge is 0.271 e. The first-order valence-corrected chi connectivity index (χ1v) is 11.8. The highest BCUT2D eigenvalue weighted by molar-refractivity contribution is 9.11. The molecular formula is C24H20Br2N4O5. The first-order chi connectivity index (χ1) is 16.6. The van der Waals surface area contributed by atoms with Crippen LogP contribution in [0, 0.1) is 24.0 Å². The third-order valence-corrected chi connectivity index (χ3v) is 5.91. The number of halogens is 2. The Morgan fingerprint density at radius 2 is 1.86 bits per heavy atom. The zero-order valence-corrected chi connectivity index (χ0v) is 21.8. The van der Waals surface area contributed by atoms with Gasteiger partial charge in [0.2, 0.25) is 0 Å². The maximum absolute atomic E-state index is 12.4. The first kappa shape index (κ1) is 26.0. The zero-order chi connectivity index (χ0) is 25.5. The van der Waals surface area contributed by atoms with Crippen LogP contribution in [0.1, 0.15) is 27.0 Å². The van der Waals surface area contributed by atoms with Crippen molar-refractivity contribution in [3.8, 4) is 5.75 Å². The molecule has 3 aromatic carbocycles. The lowest BCUT2D eigenvalue weighted by Gasteiger charge is -2.12. The second kappa shape index (κ2) is 11.7. The summed E-state index contributed by atoms with van der Waals surface area (Å²) in [5, 5.41) is 17.6. The summed E-state index contributed by atoms with van der Waals surface area (Å²) >= 11 is 6.80. The molecule has 2 amide bonds. The minimum Gasteiger partial charge on any atom is -0.482 e. The molecule has 0 radical (unpaired) electrons. The van der Waals surface area contributed by atoms with Crippen LogP contribution in [0.3, 0.4) is 0 Å². The molecule has 0 heterocycles. The van der Waals surface area contributed by atoms with E-state index in [1.165, 1.54) is 24.4 Å². The second-order valence-corrected chi connectivity index (χ2v) is 9.22. The lowest BCUT2D eigenvalue weighted by molar-refractivity contribution is -0.384. The fraction of sp³-hybridized carbons (Fsp3) is 0.125. The predicted octanol–water partition coefficient (Wildman–Crippen LogP) is 5.52. The number of hydrogen-bond acceptors (Lipinski definition) is 6. The number of nitrogens with one attached hydrogen (secondary N) is 2. The number of ether oxygens (including phenoxy) is 1. The Balaban J connectivity index is 1.69. The average Bonchev–Trinajstić information content (AvgIpc) is 2.80. The van der Waals surface area contributed by atoms with Crippen molar-refractivity contribution in [3.63, 3.8) is 0 Å². The molecule has 0 aliphatic heterocycles. The van der Waals surface area contributed by atoms with Gasteiger partial charge in [-0.15, -0.1) is 0 Å². The van der Waals surface area contributed by atoms with Gasteiger partial charge in [0.05, 0.1) is 15.6 Å². The summed E-state index contributed by atoms with van der Waals surface area (Å²) in [6.07, 6.45) is 1.35. The molecule has 2 N–H and O–H groups in total. The molecule has 3 aromatic rings. The normalized spacial score (nSPS) is 10.7. The molecular weight excluding hydrogens is 584 g/mol. The number of hydrogen-bond donors (Lipinski definition) is 2. The van der Waals surface area contributed by atoms with Crippen molar-refractivity contribution < 1.29 is 19.2 Å². The van der Waals surface area contributed by atoms with E-state index in [-0.39, 0.29) is 23.8 Å². The number of nitrogens with zero attached hydrogens (tertiary/aromatic N) is 2. The SMILES string of the molecule is Cc1ccc(NC(=O)COc2c(Br)cc(Br)cc2/C=N/NC(=O)c2cccc([N+](=O)[O-])c2)cc1C. The van der Waals surface area contributed by atoms with E-state index in [9.17, 15) is 19.7 Å². The largest absolute Gasteiger partial charge is 0.482 e. The summed E-state index contributed by atoms with van der Waals surface area (Å²) in [5.41, 5.74) is 5.55. The van der Waals surface area contributed by atoms with Crippen LogP contribution in [0.4, 0.5) is 11.4 Å². The van der Waals surface area contributed by atoms with Gasteiger partial charge in [-0.25, -0.2) is 5.43 Å². The van der Waals surface area contributed by atoms with E-state index >= 15 is 0 Å².